The van der Waals surface area contributed by atoms with E-state index in [-0.39, 0.29) is 5.41 Å². The Morgan fingerprint density at radius 1 is 1.18 bits per heavy atom. The molecular weight excluding hydrogens is 232 g/mol. The molecule has 0 aliphatic carbocycles. The minimum atomic E-state index is 0.0548. The van der Waals surface area contributed by atoms with E-state index in [0.717, 1.165) is 17.1 Å². The summed E-state index contributed by atoms with van der Waals surface area (Å²) >= 11 is 1.51. The molecule has 2 N–H and O–H groups in total. The van der Waals surface area contributed by atoms with E-state index >= 15 is 0 Å². The van der Waals surface area contributed by atoms with Crippen LogP contribution >= 0.6 is 11.3 Å². The number of aromatic nitrogens is 1. The number of ether oxygens (including phenoxy) is 1. The molecule has 17 heavy (non-hydrogen) atoms. The van der Waals surface area contributed by atoms with Gasteiger partial charge in [-0.1, -0.05) is 32.1 Å². The van der Waals surface area contributed by atoms with E-state index < -0.39 is 0 Å². The van der Waals surface area contributed by atoms with Gasteiger partial charge in [0.05, 0.1) is 5.69 Å². The highest BCUT2D eigenvalue weighted by molar-refractivity contribution is 7.11. The standard InChI is InChI=1S/C13H16N2OS/c1-13(2,3)11-8-17-12(15-11)16-10-6-4-9(14)5-7-10/h4-8H,14H2,1-3H3. The van der Waals surface area contributed by atoms with E-state index in [9.17, 15) is 0 Å². The Balaban J connectivity index is 2.14. The van der Waals surface area contributed by atoms with E-state index in [4.69, 9.17) is 10.5 Å². The molecule has 0 saturated heterocycles. The second-order valence-corrected chi connectivity index (χ2v) is 5.74. The van der Waals surface area contributed by atoms with Crippen LogP contribution in [-0.2, 0) is 5.41 Å². The lowest BCUT2D eigenvalue weighted by molar-refractivity contribution is 0.469. The fourth-order valence-electron chi connectivity index (χ4n) is 1.29. The molecule has 1 heterocycles. The molecule has 1 aromatic carbocycles. The van der Waals surface area contributed by atoms with Crippen molar-refractivity contribution < 1.29 is 4.74 Å². The molecule has 90 valence electrons. The molecule has 0 unspecified atom stereocenters. The summed E-state index contributed by atoms with van der Waals surface area (Å²) in [4.78, 5) is 4.46. The van der Waals surface area contributed by atoms with Gasteiger partial charge in [0.1, 0.15) is 5.75 Å². The van der Waals surface area contributed by atoms with Gasteiger partial charge < -0.3 is 10.5 Å². The van der Waals surface area contributed by atoms with Crippen molar-refractivity contribution in [2.75, 3.05) is 5.73 Å². The van der Waals surface area contributed by atoms with Gasteiger partial charge in [0.15, 0.2) is 0 Å². The quantitative estimate of drug-likeness (QED) is 0.822. The summed E-state index contributed by atoms with van der Waals surface area (Å²) < 4.78 is 5.66. The first kappa shape index (κ1) is 11.9. The van der Waals surface area contributed by atoms with Crippen molar-refractivity contribution in [1.82, 2.24) is 4.98 Å². The zero-order valence-electron chi connectivity index (χ0n) is 10.2. The Morgan fingerprint density at radius 2 is 1.82 bits per heavy atom. The number of thiazole rings is 1. The van der Waals surface area contributed by atoms with Crippen LogP contribution in [0.15, 0.2) is 29.6 Å². The molecule has 0 bridgehead atoms. The van der Waals surface area contributed by atoms with Crippen molar-refractivity contribution in [2.24, 2.45) is 0 Å². The zero-order valence-corrected chi connectivity index (χ0v) is 11.0. The van der Waals surface area contributed by atoms with E-state index in [1.165, 1.54) is 11.3 Å². The molecule has 0 radical (unpaired) electrons. The molecule has 2 aromatic rings. The van der Waals surface area contributed by atoms with Gasteiger partial charge in [-0.25, -0.2) is 4.98 Å². The normalized spacial score (nSPS) is 11.5. The molecule has 4 heteroatoms. The average molecular weight is 248 g/mol. The SMILES string of the molecule is CC(C)(C)c1csc(Oc2ccc(N)cc2)n1. The molecule has 3 nitrogen and oxygen atoms in total. The summed E-state index contributed by atoms with van der Waals surface area (Å²) in [6.07, 6.45) is 0. The average Bonchev–Trinajstić information content (AvgIpc) is 2.69. The van der Waals surface area contributed by atoms with Crippen LogP contribution in [0.4, 0.5) is 5.69 Å². The minimum absolute atomic E-state index is 0.0548. The lowest BCUT2D eigenvalue weighted by Crippen LogP contribution is -2.11. The molecule has 0 aliphatic heterocycles. The van der Waals surface area contributed by atoms with Crippen LogP contribution in [0, 0.1) is 0 Å². The summed E-state index contributed by atoms with van der Waals surface area (Å²) in [5, 5.41) is 2.70. The number of rotatable bonds is 2. The van der Waals surface area contributed by atoms with Crippen LogP contribution in [0.3, 0.4) is 0 Å². The van der Waals surface area contributed by atoms with Gasteiger partial charge in [0.25, 0.3) is 5.19 Å². The molecule has 0 amide bonds. The van der Waals surface area contributed by atoms with Gasteiger partial charge in [-0.15, -0.1) is 0 Å². The highest BCUT2D eigenvalue weighted by Crippen LogP contribution is 2.30. The predicted octanol–water partition coefficient (Wildman–Crippen LogP) is 3.82. The number of hydrogen-bond donors (Lipinski definition) is 1. The third-order valence-corrected chi connectivity index (χ3v) is 3.05. The number of anilines is 1. The summed E-state index contributed by atoms with van der Waals surface area (Å²) in [6.45, 7) is 6.40. The molecular formula is C13H16N2OS. The lowest BCUT2D eigenvalue weighted by Gasteiger charge is -2.13. The lowest BCUT2D eigenvalue weighted by atomic mass is 9.93. The third kappa shape index (κ3) is 2.97. The summed E-state index contributed by atoms with van der Waals surface area (Å²) in [5.74, 6) is 0.758. The Hall–Kier alpha value is -1.55. The maximum Gasteiger partial charge on any atom is 0.278 e. The highest BCUT2D eigenvalue weighted by Gasteiger charge is 2.18. The van der Waals surface area contributed by atoms with Crippen LogP contribution in [-0.4, -0.2) is 4.98 Å². The molecule has 2 rings (SSSR count). The van der Waals surface area contributed by atoms with Gasteiger partial charge in [-0.3, -0.25) is 0 Å². The van der Waals surface area contributed by atoms with Crippen molar-refractivity contribution in [1.29, 1.82) is 0 Å². The number of benzene rings is 1. The van der Waals surface area contributed by atoms with E-state index in [2.05, 4.69) is 25.8 Å². The van der Waals surface area contributed by atoms with Crippen LogP contribution in [0.25, 0.3) is 0 Å². The molecule has 0 atom stereocenters. The van der Waals surface area contributed by atoms with Crippen LogP contribution in [0.2, 0.25) is 0 Å². The van der Waals surface area contributed by atoms with Gasteiger partial charge in [0, 0.05) is 16.5 Å². The second kappa shape index (κ2) is 4.37. The summed E-state index contributed by atoms with van der Waals surface area (Å²) in [5.41, 5.74) is 7.45. The number of hydrogen-bond acceptors (Lipinski definition) is 4. The van der Waals surface area contributed by atoms with E-state index in [0.29, 0.717) is 5.19 Å². The van der Waals surface area contributed by atoms with Gasteiger partial charge in [-0.2, -0.15) is 0 Å². The maximum atomic E-state index is 5.66. The second-order valence-electron chi connectivity index (χ2n) is 4.92. The van der Waals surface area contributed by atoms with Crippen molar-refractivity contribution in [3.63, 3.8) is 0 Å². The van der Waals surface area contributed by atoms with Gasteiger partial charge in [0.2, 0.25) is 0 Å². The Kier molecular flexibility index (Phi) is 3.07. The van der Waals surface area contributed by atoms with Crippen LogP contribution in [0.1, 0.15) is 26.5 Å². The van der Waals surface area contributed by atoms with Crippen molar-refractivity contribution in [2.45, 2.75) is 26.2 Å². The molecule has 0 spiro atoms. The molecule has 1 aromatic heterocycles. The predicted molar refractivity (Wildman–Crippen MR) is 71.7 cm³/mol. The Morgan fingerprint density at radius 3 is 2.35 bits per heavy atom. The van der Waals surface area contributed by atoms with Gasteiger partial charge >= 0.3 is 0 Å². The first-order chi connectivity index (χ1) is 7.95. The Bertz CT molecular complexity index is 497. The fraction of sp³-hybridized carbons (Fsp3) is 0.308. The topological polar surface area (TPSA) is 48.1 Å². The minimum Gasteiger partial charge on any atom is -0.431 e. The number of nitrogen functional groups attached to an aromatic ring is 1. The zero-order chi connectivity index (χ0) is 12.5. The summed E-state index contributed by atoms with van der Waals surface area (Å²) in [7, 11) is 0. The molecule has 0 saturated carbocycles. The molecule has 0 aliphatic rings. The number of nitrogens with zero attached hydrogens (tertiary/aromatic N) is 1. The monoisotopic (exact) mass is 248 g/mol. The first-order valence-corrected chi connectivity index (χ1v) is 6.32. The fourth-order valence-corrected chi connectivity index (χ4v) is 2.20. The summed E-state index contributed by atoms with van der Waals surface area (Å²) in [6, 6.07) is 7.31. The van der Waals surface area contributed by atoms with Crippen LogP contribution in [0.5, 0.6) is 10.9 Å². The first-order valence-electron chi connectivity index (χ1n) is 5.44. The highest BCUT2D eigenvalue weighted by atomic mass is 32.1. The van der Waals surface area contributed by atoms with Crippen molar-refractivity contribution in [3.05, 3.63) is 35.3 Å². The van der Waals surface area contributed by atoms with Crippen molar-refractivity contribution >= 4 is 17.0 Å². The van der Waals surface area contributed by atoms with Crippen LogP contribution < -0.4 is 10.5 Å². The third-order valence-electron chi connectivity index (χ3n) is 2.34. The number of nitrogens with two attached hydrogens (primary N) is 1. The largest absolute Gasteiger partial charge is 0.431 e. The maximum absolute atomic E-state index is 5.66. The van der Waals surface area contributed by atoms with Crippen molar-refractivity contribution in [3.8, 4) is 10.9 Å². The van der Waals surface area contributed by atoms with E-state index in [1.807, 2.05) is 29.6 Å². The molecule has 0 fully saturated rings. The van der Waals surface area contributed by atoms with E-state index in [1.54, 1.807) is 0 Å². The van der Waals surface area contributed by atoms with Gasteiger partial charge in [-0.05, 0) is 24.3 Å². The Labute approximate surface area is 105 Å². The smallest absolute Gasteiger partial charge is 0.278 e.